The third-order valence-electron chi connectivity index (χ3n) is 5.04. The van der Waals surface area contributed by atoms with Gasteiger partial charge in [0.25, 0.3) is 0 Å². The molecule has 1 atom stereocenters. The summed E-state index contributed by atoms with van der Waals surface area (Å²) in [6.45, 7) is 6.32. The van der Waals surface area contributed by atoms with Gasteiger partial charge in [0, 0.05) is 50.7 Å². The maximum atomic E-state index is 6.14. The number of aryl methyl sites for hydroxylation is 1. The topological polar surface area (TPSA) is 47.5 Å². The highest BCUT2D eigenvalue weighted by molar-refractivity contribution is 5.12. The van der Waals surface area contributed by atoms with Gasteiger partial charge >= 0.3 is 0 Å². The second-order valence-corrected chi connectivity index (χ2v) is 7.23. The van der Waals surface area contributed by atoms with Gasteiger partial charge in [-0.1, -0.05) is 6.07 Å². The zero-order chi connectivity index (χ0) is 17.1. The van der Waals surface area contributed by atoms with Gasteiger partial charge in [-0.2, -0.15) is 0 Å². The van der Waals surface area contributed by atoms with Gasteiger partial charge in [-0.3, -0.25) is 14.9 Å². The molecule has 0 saturated carbocycles. The van der Waals surface area contributed by atoms with E-state index >= 15 is 0 Å². The second kappa shape index (κ2) is 7.20. The molecule has 132 valence electrons. The zero-order valence-electron chi connectivity index (χ0n) is 14.7. The molecule has 5 heteroatoms. The molecule has 2 saturated heterocycles. The summed E-state index contributed by atoms with van der Waals surface area (Å²) in [5, 5.41) is 0. The fraction of sp³-hybridized carbons (Fsp3) is 0.500. The fourth-order valence-corrected chi connectivity index (χ4v) is 3.86. The molecule has 2 aliphatic heterocycles. The van der Waals surface area contributed by atoms with Gasteiger partial charge in [-0.15, -0.1) is 0 Å². The molecule has 2 aromatic heterocycles. The van der Waals surface area contributed by atoms with Crippen molar-refractivity contribution in [3.05, 3.63) is 59.7 Å². The van der Waals surface area contributed by atoms with E-state index in [2.05, 4.69) is 27.0 Å². The zero-order valence-corrected chi connectivity index (χ0v) is 14.7. The summed E-state index contributed by atoms with van der Waals surface area (Å²) in [5.41, 5.74) is 3.33. The van der Waals surface area contributed by atoms with Gasteiger partial charge in [0.1, 0.15) is 0 Å². The van der Waals surface area contributed by atoms with Crippen LogP contribution in [-0.2, 0) is 22.6 Å². The van der Waals surface area contributed by atoms with Crippen LogP contribution in [0, 0.1) is 6.92 Å². The van der Waals surface area contributed by atoms with Gasteiger partial charge in [-0.05, 0) is 43.2 Å². The molecule has 2 aliphatic rings. The van der Waals surface area contributed by atoms with Crippen molar-refractivity contribution < 1.29 is 9.47 Å². The smallest absolute Gasteiger partial charge is 0.0959 e. The van der Waals surface area contributed by atoms with Gasteiger partial charge in [0.05, 0.1) is 24.0 Å². The summed E-state index contributed by atoms with van der Waals surface area (Å²) in [7, 11) is 0. The Morgan fingerprint density at radius 2 is 2.08 bits per heavy atom. The van der Waals surface area contributed by atoms with Crippen LogP contribution in [0.15, 0.2) is 42.7 Å². The molecular weight excluding hydrogens is 314 g/mol. The summed E-state index contributed by atoms with van der Waals surface area (Å²) in [4.78, 5) is 11.0. The highest BCUT2D eigenvalue weighted by Crippen LogP contribution is 2.36. The summed E-state index contributed by atoms with van der Waals surface area (Å²) < 4.78 is 12.3. The first-order valence-electron chi connectivity index (χ1n) is 9.00. The molecule has 0 aromatic carbocycles. The highest BCUT2D eigenvalue weighted by Gasteiger charge is 2.47. The minimum Gasteiger partial charge on any atom is -0.372 e. The summed E-state index contributed by atoms with van der Waals surface area (Å²) >= 11 is 0. The molecular formula is C20H25N3O2. The van der Waals surface area contributed by atoms with Gasteiger partial charge in [0.2, 0.25) is 0 Å². The van der Waals surface area contributed by atoms with Crippen molar-refractivity contribution in [1.82, 2.24) is 14.9 Å². The molecule has 0 amide bonds. The SMILES string of the molecule is Cc1cccc(CO[C@H]2CCOC3(C2)CN(Cc2ccncc2)C3)n1. The van der Waals surface area contributed by atoms with E-state index in [4.69, 9.17) is 9.47 Å². The van der Waals surface area contributed by atoms with Crippen molar-refractivity contribution >= 4 is 0 Å². The molecule has 2 aromatic rings. The van der Waals surface area contributed by atoms with Crippen molar-refractivity contribution in [3.63, 3.8) is 0 Å². The molecule has 1 spiro atoms. The molecule has 0 radical (unpaired) electrons. The van der Waals surface area contributed by atoms with Crippen LogP contribution in [0.25, 0.3) is 0 Å². The number of ether oxygens (including phenoxy) is 2. The minimum absolute atomic E-state index is 0.0179. The molecule has 2 fully saturated rings. The third kappa shape index (κ3) is 4.06. The molecule has 0 N–H and O–H groups in total. The van der Waals surface area contributed by atoms with Crippen LogP contribution in [0.3, 0.4) is 0 Å². The van der Waals surface area contributed by atoms with Crippen molar-refractivity contribution in [3.8, 4) is 0 Å². The average Bonchev–Trinajstić information content (AvgIpc) is 2.60. The average molecular weight is 339 g/mol. The summed E-state index contributed by atoms with van der Waals surface area (Å²) in [6, 6.07) is 10.2. The van der Waals surface area contributed by atoms with E-state index in [1.807, 2.05) is 37.5 Å². The highest BCUT2D eigenvalue weighted by atomic mass is 16.5. The summed E-state index contributed by atoms with van der Waals surface area (Å²) in [5.74, 6) is 0. The maximum absolute atomic E-state index is 6.14. The van der Waals surface area contributed by atoms with Gasteiger partial charge in [0.15, 0.2) is 0 Å². The lowest BCUT2D eigenvalue weighted by Crippen LogP contribution is -2.65. The lowest BCUT2D eigenvalue weighted by Gasteiger charge is -2.53. The Hall–Kier alpha value is -1.82. The molecule has 0 bridgehead atoms. The summed E-state index contributed by atoms with van der Waals surface area (Å²) in [6.07, 6.45) is 5.92. The van der Waals surface area contributed by atoms with Crippen molar-refractivity contribution in [2.24, 2.45) is 0 Å². The molecule has 0 unspecified atom stereocenters. The Morgan fingerprint density at radius 3 is 2.88 bits per heavy atom. The maximum Gasteiger partial charge on any atom is 0.0959 e. The van der Waals surface area contributed by atoms with E-state index in [0.29, 0.717) is 6.61 Å². The molecule has 0 aliphatic carbocycles. The predicted molar refractivity (Wildman–Crippen MR) is 95.0 cm³/mol. The Morgan fingerprint density at radius 1 is 1.24 bits per heavy atom. The Balaban J connectivity index is 1.27. The van der Waals surface area contributed by atoms with Gasteiger partial charge in [-0.25, -0.2) is 0 Å². The van der Waals surface area contributed by atoms with E-state index in [-0.39, 0.29) is 11.7 Å². The number of rotatable bonds is 5. The first kappa shape index (κ1) is 16.6. The first-order valence-corrected chi connectivity index (χ1v) is 9.00. The quantitative estimate of drug-likeness (QED) is 0.838. The van der Waals surface area contributed by atoms with Crippen LogP contribution in [0.2, 0.25) is 0 Å². The van der Waals surface area contributed by atoms with E-state index in [0.717, 1.165) is 50.5 Å². The normalized spacial score (nSPS) is 22.7. The molecule has 5 nitrogen and oxygen atoms in total. The monoisotopic (exact) mass is 339 g/mol. The minimum atomic E-state index is -0.0179. The number of nitrogens with zero attached hydrogens (tertiary/aromatic N) is 3. The van der Waals surface area contributed by atoms with Gasteiger partial charge < -0.3 is 9.47 Å². The van der Waals surface area contributed by atoms with Crippen molar-refractivity contribution in [2.75, 3.05) is 19.7 Å². The van der Waals surface area contributed by atoms with E-state index in [1.54, 1.807) is 0 Å². The van der Waals surface area contributed by atoms with E-state index in [9.17, 15) is 0 Å². The Bertz CT molecular complexity index is 701. The number of pyridine rings is 2. The van der Waals surface area contributed by atoms with Crippen molar-refractivity contribution in [1.29, 1.82) is 0 Å². The van der Waals surface area contributed by atoms with Crippen LogP contribution in [0.5, 0.6) is 0 Å². The third-order valence-corrected chi connectivity index (χ3v) is 5.04. The van der Waals surface area contributed by atoms with Crippen molar-refractivity contribution in [2.45, 2.75) is 44.6 Å². The molecule has 4 rings (SSSR count). The van der Waals surface area contributed by atoms with Crippen LogP contribution in [0.4, 0.5) is 0 Å². The number of hydrogen-bond acceptors (Lipinski definition) is 5. The van der Waals surface area contributed by atoms with Crippen LogP contribution < -0.4 is 0 Å². The largest absolute Gasteiger partial charge is 0.372 e. The predicted octanol–water partition coefficient (Wildman–Crippen LogP) is 2.74. The van der Waals surface area contributed by atoms with E-state index < -0.39 is 0 Å². The number of aromatic nitrogens is 2. The van der Waals surface area contributed by atoms with E-state index in [1.165, 1.54) is 5.56 Å². The molecule has 4 heterocycles. The number of likely N-dealkylation sites (tertiary alicyclic amines) is 1. The Kier molecular flexibility index (Phi) is 4.79. The number of hydrogen-bond donors (Lipinski definition) is 0. The second-order valence-electron chi connectivity index (χ2n) is 7.23. The lowest BCUT2D eigenvalue weighted by molar-refractivity contribution is -0.200. The Labute approximate surface area is 149 Å². The van der Waals surface area contributed by atoms with Crippen LogP contribution in [-0.4, -0.2) is 46.3 Å². The van der Waals surface area contributed by atoms with Crippen LogP contribution in [0.1, 0.15) is 29.8 Å². The fourth-order valence-electron chi connectivity index (χ4n) is 3.86. The van der Waals surface area contributed by atoms with Crippen LogP contribution >= 0.6 is 0 Å². The lowest BCUT2D eigenvalue weighted by atomic mass is 9.84. The standard InChI is InChI=1S/C20H25N3O2/c1-16-3-2-4-18(22-16)13-24-19-7-10-25-20(11-19)14-23(15-20)12-17-5-8-21-9-6-17/h2-6,8-9,19H,7,10-15H2,1H3/t19-/m0/s1. The molecule has 25 heavy (non-hydrogen) atoms. The first-order chi connectivity index (χ1) is 12.2.